The number of nitrogens with two attached hydrogens (primary N) is 1. The van der Waals surface area contributed by atoms with Crippen LogP contribution in [0.15, 0.2) is 42.5 Å². The van der Waals surface area contributed by atoms with E-state index in [1.807, 2.05) is 24.3 Å². The molecule has 0 aliphatic rings. The van der Waals surface area contributed by atoms with Gasteiger partial charge in [-0.3, -0.25) is 0 Å². The molecular weight excluding hydrogens is 265 g/mol. The molecule has 2 aromatic carbocycles. The van der Waals surface area contributed by atoms with Crippen molar-refractivity contribution in [1.82, 2.24) is 0 Å². The van der Waals surface area contributed by atoms with Gasteiger partial charge in [0, 0.05) is 6.04 Å². The second-order valence-electron chi connectivity index (χ2n) is 4.47. The fourth-order valence-corrected chi connectivity index (χ4v) is 2.06. The van der Waals surface area contributed by atoms with Crippen LogP contribution in [0.4, 0.5) is 4.39 Å². The Hall–Kier alpha value is -1.42. The van der Waals surface area contributed by atoms with Crippen molar-refractivity contribution in [3.63, 3.8) is 0 Å². The van der Waals surface area contributed by atoms with E-state index in [4.69, 9.17) is 22.4 Å². The first kappa shape index (κ1) is 14.0. The number of hydrogen-bond donors (Lipinski definition) is 2. The first-order valence-electron chi connectivity index (χ1n) is 6.01. The fraction of sp³-hybridized carbons (Fsp3) is 0.200. The number of aliphatic hydroxyl groups excluding tert-OH is 1. The van der Waals surface area contributed by atoms with E-state index < -0.39 is 5.82 Å². The summed E-state index contributed by atoms with van der Waals surface area (Å²) in [5.41, 5.74) is 8.56. The zero-order chi connectivity index (χ0) is 13.8. The maximum absolute atomic E-state index is 13.1. The Kier molecular flexibility index (Phi) is 4.53. The molecule has 100 valence electrons. The molecule has 0 amide bonds. The monoisotopic (exact) mass is 279 g/mol. The van der Waals surface area contributed by atoms with Gasteiger partial charge in [0.05, 0.1) is 11.6 Å². The molecule has 3 N–H and O–H groups in total. The minimum absolute atomic E-state index is 0.0324. The van der Waals surface area contributed by atoms with Crippen LogP contribution in [0.2, 0.25) is 5.02 Å². The molecule has 1 atom stereocenters. The predicted octanol–water partition coefficient (Wildman–Crippen LogP) is 3.01. The summed E-state index contributed by atoms with van der Waals surface area (Å²) in [6, 6.07) is 12.2. The van der Waals surface area contributed by atoms with Crippen LogP contribution in [0, 0.1) is 5.82 Å². The molecule has 0 fully saturated rings. The average molecular weight is 280 g/mol. The molecule has 2 aromatic rings. The Labute approximate surface area is 116 Å². The lowest BCUT2D eigenvalue weighted by Gasteiger charge is -2.09. The van der Waals surface area contributed by atoms with Gasteiger partial charge >= 0.3 is 0 Å². The zero-order valence-electron chi connectivity index (χ0n) is 10.3. The number of hydrogen-bond acceptors (Lipinski definition) is 2. The lowest BCUT2D eigenvalue weighted by Crippen LogP contribution is -2.26. The van der Waals surface area contributed by atoms with Gasteiger partial charge < -0.3 is 10.8 Å². The number of aliphatic hydroxyl groups is 1. The molecule has 0 aromatic heterocycles. The number of rotatable bonds is 4. The highest BCUT2D eigenvalue weighted by atomic mass is 35.5. The van der Waals surface area contributed by atoms with Crippen molar-refractivity contribution >= 4 is 11.6 Å². The molecule has 19 heavy (non-hydrogen) atoms. The van der Waals surface area contributed by atoms with Crippen LogP contribution in [0.1, 0.15) is 5.56 Å². The maximum Gasteiger partial charge on any atom is 0.141 e. The topological polar surface area (TPSA) is 46.2 Å². The molecule has 2 nitrogen and oxygen atoms in total. The van der Waals surface area contributed by atoms with Gasteiger partial charge in [0.15, 0.2) is 0 Å². The van der Waals surface area contributed by atoms with Gasteiger partial charge in [-0.05, 0) is 35.2 Å². The van der Waals surface area contributed by atoms with Crippen molar-refractivity contribution in [3.8, 4) is 11.1 Å². The van der Waals surface area contributed by atoms with E-state index in [9.17, 15) is 4.39 Å². The van der Waals surface area contributed by atoms with Crippen LogP contribution < -0.4 is 5.73 Å². The Bertz CT molecular complexity index is 557. The molecule has 0 heterocycles. The van der Waals surface area contributed by atoms with Gasteiger partial charge in [-0.1, -0.05) is 41.9 Å². The van der Waals surface area contributed by atoms with E-state index in [-0.39, 0.29) is 17.7 Å². The van der Waals surface area contributed by atoms with E-state index in [1.165, 1.54) is 6.07 Å². The molecule has 0 spiro atoms. The van der Waals surface area contributed by atoms with E-state index >= 15 is 0 Å². The van der Waals surface area contributed by atoms with E-state index in [0.717, 1.165) is 16.7 Å². The summed E-state index contributed by atoms with van der Waals surface area (Å²) < 4.78 is 13.1. The summed E-state index contributed by atoms with van der Waals surface area (Å²) in [4.78, 5) is 0. The van der Waals surface area contributed by atoms with Gasteiger partial charge in [-0.25, -0.2) is 4.39 Å². The molecule has 0 unspecified atom stereocenters. The van der Waals surface area contributed by atoms with Crippen molar-refractivity contribution in [2.75, 3.05) is 6.61 Å². The molecule has 0 aliphatic heterocycles. The molecule has 0 bridgehead atoms. The third-order valence-corrected chi connectivity index (χ3v) is 3.23. The highest BCUT2D eigenvalue weighted by molar-refractivity contribution is 6.31. The summed E-state index contributed by atoms with van der Waals surface area (Å²) in [5.74, 6) is -0.420. The quantitative estimate of drug-likeness (QED) is 0.904. The molecule has 0 aliphatic carbocycles. The van der Waals surface area contributed by atoms with Crippen molar-refractivity contribution in [1.29, 1.82) is 0 Å². The van der Waals surface area contributed by atoms with E-state index in [2.05, 4.69) is 0 Å². The lowest BCUT2D eigenvalue weighted by atomic mass is 10.0. The maximum atomic E-state index is 13.1. The van der Waals surface area contributed by atoms with Crippen molar-refractivity contribution in [3.05, 3.63) is 58.9 Å². The minimum Gasteiger partial charge on any atom is -0.395 e. The predicted molar refractivity (Wildman–Crippen MR) is 75.6 cm³/mol. The molecule has 0 radical (unpaired) electrons. The highest BCUT2D eigenvalue weighted by Crippen LogP contribution is 2.25. The summed E-state index contributed by atoms with van der Waals surface area (Å²) in [6.45, 7) is -0.0324. The normalized spacial score (nSPS) is 12.4. The Morgan fingerprint density at radius 1 is 1.11 bits per heavy atom. The number of benzene rings is 2. The van der Waals surface area contributed by atoms with E-state index in [0.29, 0.717) is 6.42 Å². The smallest absolute Gasteiger partial charge is 0.141 e. The van der Waals surface area contributed by atoms with Gasteiger partial charge in [0.1, 0.15) is 5.82 Å². The van der Waals surface area contributed by atoms with Crippen molar-refractivity contribution in [2.24, 2.45) is 5.73 Å². The molecular formula is C15H15ClFNO. The summed E-state index contributed by atoms with van der Waals surface area (Å²) in [5, 5.41) is 9.02. The first-order chi connectivity index (χ1) is 9.10. The van der Waals surface area contributed by atoms with Gasteiger partial charge in [-0.15, -0.1) is 0 Å². The van der Waals surface area contributed by atoms with E-state index in [1.54, 1.807) is 12.1 Å². The highest BCUT2D eigenvalue weighted by Gasteiger charge is 2.05. The van der Waals surface area contributed by atoms with Crippen LogP contribution in [0.25, 0.3) is 11.1 Å². The number of halogens is 2. The van der Waals surface area contributed by atoms with Gasteiger partial charge in [-0.2, -0.15) is 0 Å². The first-order valence-corrected chi connectivity index (χ1v) is 6.38. The summed E-state index contributed by atoms with van der Waals surface area (Å²) in [6.07, 6.45) is 0.626. The van der Waals surface area contributed by atoms with Crippen LogP contribution in [-0.4, -0.2) is 17.8 Å². The zero-order valence-corrected chi connectivity index (χ0v) is 11.1. The molecule has 0 saturated carbocycles. The SMILES string of the molecule is N[C@@H](CO)Cc1ccc(-c2ccc(F)c(Cl)c2)cc1. The summed E-state index contributed by atoms with van der Waals surface area (Å²) >= 11 is 5.76. The Balaban J connectivity index is 2.20. The third kappa shape index (κ3) is 3.53. The van der Waals surface area contributed by atoms with Gasteiger partial charge in [0.2, 0.25) is 0 Å². The van der Waals surface area contributed by atoms with Gasteiger partial charge in [0.25, 0.3) is 0 Å². The Morgan fingerprint density at radius 3 is 2.32 bits per heavy atom. The second kappa shape index (κ2) is 6.15. The second-order valence-corrected chi connectivity index (χ2v) is 4.88. The minimum atomic E-state index is -0.420. The third-order valence-electron chi connectivity index (χ3n) is 2.94. The lowest BCUT2D eigenvalue weighted by molar-refractivity contribution is 0.265. The molecule has 0 saturated heterocycles. The average Bonchev–Trinajstić information content (AvgIpc) is 2.42. The van der Waals surface area contributed by atoms with Crippen molar-refractivity contribution in [2.45, 2.75) is 12.5 Å². The van der Waals surface area contributed by atoms with Crippen LogP contribution in [-0.2, 0) is 6.42 Å². The van der Waals surface area contributed by atoms with Crippen LogP contribution >= 0.6 is 11.6 Å². The summed E-state index contributed by atoms with van der Waals surface area (Å²) in [7, 11) is 0. The van der Waals surface area contributed by atoms with Crippen LogP contribution in [0.3, 0.4) is 0 Å². The Morgan fingerprint density at radius 2 is 1.74 bits per heavy atom. The van der Waals surface area contributed by atoms with Crippen LogP contribution in [0.5, 0.6) is 0 Å². The molecule has 2 rings (SSSR count). The van der Waals surface area contributed by atoms with Crippen molar-refractivity contribution < 1.29 is 9.50 Å². The fourth-order valence-electron chi connectivity index (χ4n) is 1.88. The standard InChI is InChI=1S/C15H15ClFNO/c16-14-8-12(5-6-15(14)17)11-3-1-10(2-4-11)7-13(18)9-19/h1-6,8,13,19H,7,9,18H2/t13-/m1/s1. The largest absolute Gasteiger partial charge is 0.395 e. The molecule has 4 heteroatoms.